The topological polar surface area (TPSA) is 89.1 Å². The molecule has 1 fully saturated rings. The van der Waals surface area contributed by atoms with Gasteiger partial charge in [0.15, 0.2) is 0 Å². The Bertz CT molecular complexity index is 617. The molecule has 0 atom stereocenters. The molecule has 1 aliphatic rings. The van der Waals surface area contributed by atoms with Crippen LogP contribution in [0.1, 0.15) is 30.8 Å². The van der Waals surface area contributed by atoms with Gasteiger partial charge in [0.2, 0.25) is 0 Å². The van der Waals surface area contributed by atoms with Gasteiger partial charge >= 0.3 is 0 Å². The highest BCUT2D eigenvalue weighted by Gasteiger charge is 2.40. The van der Waals surface area contributed by atoms with Crippen molar-refractivity contribution in [1.82, 2.24) is 19.6 Å². The van der Waals surface area contributed by atoms with E-state index in [9.17, 15) is 4.79 Å². The van der Waals surface area contributed by atoms with Gasteiger partial charge in [0.05, 0.1) is 0 Å². The summed E-state index contributed by atoms with van der Waals surface area (Å²) in [5, 5.41) is 3.04. The van der Waals surface area contributed by atoms with Gasteiger partial charge in [0.25, 0.3) is 11.3 Å². The van der Waals surface area contributed by atoms with E-state index in [1.807, 2.05) is 0 Å². The molecule has 2 heterocycles. The molecule has 2 aromatic rings. The van der Waals surface area contributed by atoms with Gasteiger partial charge in [-0.15, -0.1) is 0 Å². The van der Waals surface area contributed by atoms with E-state index in [-0.39, 0.29) is 11.0 Å². The van der Waals surface area contributed by atoms with Crippen molar-refractivity contribution in [1.29, 1.82) is 0 Å². The number of nitrogens with two attached hydrogens (primary N) is 1. The third-order valence-electron chi connectivity index (χ3n) is 3.66. The lowest BCUT2D eigenvalue weighted by Crippen LogP contribution is -2.42. The lowest BCUT2D eigenvalue weighted by molar-refractivity contribution is 0.238. The minimum Gasteiger partial charge on any atom is -0.329 e. The molecule has 6 nitrogen and oxygen atoms in total. The zero-order valence-electron chi connectivity index (χ0n) is 9.73. The number of aryl methyl sites for hydroxylation is 1. The van der Waals surface area contributed by atoms with Gasteiger partial charge in [-0.1, -0.05) is 6.42 Å². The van der Waals surface area contributed by atoms with Crippen LogP contribution in [0.5, 0.6) is 0 Å². The van der Waals surface area contributed by atoms with E-state index >= 15 is 0 Å². The Labute approximate surface area is 97.9 Å². The smallest absolute Gasteiger partial charge is 0.274 e. The molecular formula is C11H15N5O. The van der Waals surface area contributed by atoms with Gasteiger partial charge in [-0.3, -0.25) is 9.89 Å². The number of hydrogen-bond donors (Lipinski definition) is 2. The highest BCUT2D eigenvalue weighted by molar-refractivity contribution is 5.30. The van der Waals surface area contributed by atoms with Crippen molar-refractivity contribution in [3.05, 3.63) is 27.9 Å². The first-order valence-corrected chi connectivity index (χ1v) is 5.82. The predicted octanol–water partition coefficient (Wildman–Crippen LogP) is 0.106. The van der Waals surface area contributed by atoms with Gasteiger partial charge in [0, 0.05) is 23.7 Å². The minimum absolute atomic E-state index is 0.0754. The number of hydrogen-bond acceptors (Lipinski definition) is 4. The van der Waals surface area contributed by atoms with Crippen LogP contribution in [0.3, 0.4) is 0 Å². The lowest BCUT2D eigenvalue weighted by atomic mass is 9.68. The van der Waals surface area contributed by atoms with Gasteiger partial charge in [0.1, 0.15) is 5.82 Å². The van der Waals surface area contributed by atoms with Crippen LogP contribution < -0.4 is 11.3 Å². The number of H-pyrrole nitrogens is 1. The van der Waals surface area contributed by atoms with E-state index in [1.165, 1.54) is 10.6 Å². The zero-order valence-corrected chi connectivity index (χ0v) is 9.73. The first-order valence-electron chi connectivity index (χ1n) is 5.82. The molecule has 0 spiro atoms. The Balaban J connectivity index is 2.20. The molecule has 0 aromatic carbocycles. The van der Waals surface area contributed by atoms with Gasteiger partial charge < -0.3 is 5.73 Å². The van der Waals surface area contributed by atoms with Crippen molar-refractivity contribution >= 4 is 5.78 Å². The SMILES string of the molecule is Cc1cc(=O)n2[nH]c(C3(CN)CCC3)nc2n1. The lowest BCUT2D eigenvalue weighted by Gasteiger charge is -2.38. The maximum absolute atomic E-state index is 11.8. The molecule has 1 saturated carbocycles. The molecule has 0 radical (unpaired) electrons. The molecule has 17 heavy (non-hydrogen) atoms. The van der Waals surface area contributed by atoms with Crippen molar-refractivity contribution in [3.8, 4) is 0 Å². The summed E-state index contributed by atoms with van der Waals surface area (Å²) in [7, 11) is 0. The van der Waals surface area contributed by atoms with Crippen LogP contribution in [0.4, 0.5) is 0 Å². The molecule has 0 bridgehead atoms. The first kappa shape index (κ1) is 10.5. The van der Waals surface area contributed by atoms with E-state index in [1.54, 1.807) is 6.92 Å². The Hall–Kier alpha value is -1.69. The van der Waals surface area contributed by atoms with Gasteiger partial charge in [-0.05, 0) is 19.8 Å². The standard InChI is InChI=1S/C11H15N5O/c1-7-5-8(17)16-10(13-7)14-9(15-16)11(6-12)3-2-4-11/h5H,2-4,6,12H2,1H3,(H,13,14,15). The molecule has 0 saturated heterocycles. The summed E-state index contributed by atoms with van der Waals surface area (Å²) in [4.78, 5) is 20.4. The number of aromatic nitrogens is 4. The van der Waals surface area contributed by atoms with E-state index < -0.39 is 0 Å². The number of aromatic amines is 1. The van der Waals surface area contributed by atoms with Crippen molar-refractivity contribution in [2.45, 2.75) is 31.6 Å². The monoisotopic (exact) mass is 233 g/mol. The van der Waals surface area contributed by atoms with E-state index in [0.717, 1.165) is 25.1 Å². The van der Waals surface area contributed by atoms with Gasteiger partial charge in [-0.2, -0.15) is 9.50 Å². The van der Waals surface area contributed by atoms with Crippen molar-refractivity contribution in [3.63, 3.8) is 0 Å². The fraction of sp³-hybridized carbons (Fsp3) is 0.545. The Morgan fingerprint density at radius 2 is 2.29 bits per heavy atom. The molecule has 2 aromatic heterocycles. The normalized spacial score (nSPS) is 18.2. The fourth-order valence-corrected chi connectivity index (χ4v) is 2.37. The third-order valence-corrected chi connectivity index (χ3v) is 3.66. The maximum atomic E-state index is 11.8. The highest BCUT2D eigenvalue weighted by atomic mass is 16.1. The largest absolute Gasteiger partial charge is 0.329 e. The molecule has 6 heteroatoms. The molecule has 3 N–H and O–H groups in total. The van der Waals surface area contributed by atoms with Crippen molar-refractivity contribution < 1.29 is 0 Å². The second-order valence-electron chi connectivity index (χ2n) is 4.78. The average molecular weight is 233 g/mol. The Kier molecular flexibility index (Phi) is 2.09. The summed E-state index contributed by atoms with van der Waals surface area (Å²) < 4.78 is 1.39. The molecule has 0 aliphatic heterocycles. The zero-order chi connectivity index (χ0) is 12.0. The van der Waals surface area contributed by atoms with E-state index in [4.69, 9.17) is 5.73 Å². The highest BCUT2D eigenvalue weighted by Crippen LogP contribution is 2.41. The fourth-order valence-electron chi connectivity index (χ4n) is 2.37. The predicted molar refractivity (Wildman–Crippen MR) is 62.9 cm³/mol. The van der Waals surface area contributed by atoms with Crippen LogP contribution in [0, 0.1) is 6.92 Å². The second-order valence-corrected chi connectivity index (χ2v) is 4.78. The Morgan fingerprint density at radius 1 is 1.53 bits per heavy atom. The van der Waals surface area contributed by atoms with E-state index in [2.05, 4.69) is 15.1 Å². The third kappa shape index (κ3) is 1.40. The Morgan fingerprint density at radius 3 is 2.88 bits per heavy atom. The van der Waals surface area contributed by atoms with Crippen molar-refractivity contribution in [2.24, 2.45) is 5.73 Å². The number of nitrogens with zero attached hydrogens (tertiary/aromatic N) is 3. The molecule has 0 amide bonds. The summed E-state index contributed by atoms with van der Waals surface area (Å²) >= 11 is 0. The second kappa shape index (κ2) is 3.40. The quantitative estimate of drug-likeness (QED) is 0.770. The van der Waals surface area contributed by atoms with Crippen LogP contribution in [0.15, 0.2) is 10.9 Å². The summed E-state index contributed by atoms with van der Waals surface area (Å²) in [5.74, 6) is 1.23. The van der Waals surface area contributed by atoms with Crippen LogP contribution in [-0.4, -0.2) is 26.1 Å². The minimum atomic E-state index is -0.127. The molecular weight excluding hydrogens is 218 g/mol. The van der Waals surface area contributed by atoms with Crippen LogP contribution >= 0.6 is 0 Å². The number of nitrogens with one attached hydrogen (secondary N) is 1. The molecule has 0 unspecified atom stereocenters. The average Bonchev–Trinajstić information content (AvgIpc) is 2.61. The molecule has 1 aliphatic carbocycles. The summed E-state index contributed by atoms with van der Waals surface area (Å²) in [6.45, 7) is 2.35. The summed E-state index contributed by atoms with van der Waals surface area (Å²) in [5.41, 5.74) is 6.30. The molecule has 90 valence electrons. The van der Waals surface area contributed by atoms with Crippen molar-refractivity contribution in [2.75, 3.05) is 6.54 Å². The van der Waals surface area contributed by atoms with E-state index in [0.29, 0.717) is 18.0 Å². The van der Waals surface area contributed by atoms with Crippen LogP contribution in [-0.2, 0) is 5.41 Å². The number of fused-ring (bicyclic) bond motifs is 1. The van der Waals surface area contributed by atoms with Gasteiger partial charge in [-0.25, -0.2) is 4.98 Å². The number of rotatable bonds is 2. The van der Waals surface area contributed by atoms with Crippen LogP contribution in [0.2, 0.25) is 0 Å². The maximum Gasteiger partial charge on any atom is 0.274 e. The van der Waals surface area contributed by atoms with Crippen LogP contribution in [0.25, 0.3) is 5.78 Å². The first-order chi connectivity index (χ1) is 8.14. The summed E-state index contributed by atoms with van der Waals surface area (Å²) in [6.07, 6.45) is 3.21. The molecule has 3 rings (SSSR count). The summed E-state index contributed by atoms with van der Waals surface area (Å²) in [6, 6.07) is 1.49.